The van der Waals surface area contributed by atoms with Crippen LogP contribution in [0, 0.1) is 0 Å². The number of benzene rings is 1. The molecule has 1 N–H and O–H groups in total. The van der Waals surface area contributed by atoms with Gasteiger partial charge in [-0.05, 0) is 19.2 Å². The lowest BCUT2D eigenvalue weighted by Crippen LogP contribution is -2.28. The third-order valence-electron chi connectivity index (χ3n) is 2.20. The van der Waals surface area contributed by atoms with Crippen LogP contribution in [-0.4, -0.2) is 28.6 Å². The van der Waals surface area contributed by atoms with Crippen molar-refractivity contribution in [3.8, 4) is 0 Å². The van der Waals surface area contributed by atoms with Gasteiger partial charge in [-0.1, -0.05) is 17.3 Å². The summed E-state index contributed by atoms with van der Waals surface area (Å²) in [6.45, 7) is 1.24. The summed E-state index contributed by atoms with van der Waals surface area (Å²) in [5.74, 6) is 0. The van der Waals surface area contributed by atoms with Crippen molar-refractivity contribution in [1.29, 1.82) is 0 Å². The lowest BCUT2D eigenvalue weighted by atomic mass is 10.2. The van der Waals surface area contributed by atoms with E-state index in [0.717, 1.165) is 0 Å². The van der Waals surface area contributed by atoms with Crippen LogP contribution in [0.2, 0.25) is 0 Å². The van der Waals surface area contributed by atoms with Crippen LogP contribution in [0.5, 0.6) is 0 Å². The molecule has 1 aromatic heterocycles. The normalized spacial score (nSPS) is 10.7. The van der Waals surface area contributed by atoms with Gasteiger partial charge in [0, 0.05) is 6.54 Å². The van der Waals surface area contributed by atoms with E-state index >= 15 is 0 Å². The van der Waals surface area contributed by atoms with Crippen LogP contribution in [0.3, 0.4) is 0 Å². The first-order valence-electron chi connectivity index (χ1n) is 4.80. The number of likely N-dealkylation sites (N-methyl/N-ethyl adjacent to an activating group) is 1. The van der Waals surface area contributed by atoms with E-state index in [0.29, 0.717) is 24.0 Å². The Bertz CT molecular complexity index is 520. The Hall–Kier alpha value is -1.75. The maximum atomic E-state index is 11.9. The van der Waals surface area contributed by atoms with Crippen LogP contribution in [0.15, 0.2) is 29.1 Å². The maximum absolute atomic E-state index is 11.9. The SMILES string of the molecule is CNCCn1nnc2ccccc2c1=O. The molecule has 0 fully saturated rings. The monoisotopic (exact) mass is 204 g/mol. The van der Waals surface area contributed by atoms with Crippen molar-refractivity contribution in [3.63, 3.8) is 0 Å². The van der Waals surface area contributed by atoms with Crippen molar-refractivity contribution in [3.05, 3.63) is 34.6 Å². The molecule has 0 unspecified atom stereocenters. The van der Waals surface area contributed by atoms with Crippen LogP contribution in [0.1, 0.15) is 0 Å². The summed E-state index contributed by atoms with van der Waals surface area (Å²) < 4.78 is 1.37. The Morgan fingerprint density at radius 1 is 1.40 bits per heavy atom. The Morgan fingerprint density at radius 2 is 2.20 bits per heavy atom. The van der Waals surface area contributed by atoms with Crippen LogP contribution >= 0.6 is 0 Å². The van der Waals surface area contributed by atoms with Crippen LogP contribution in [-0.2, 0) is 6.54 Å². The summed E-state index contributed by atoms with van der Waals surface area (Å²) in [5.41, 5.74) is 0.555. The van der Waals surface area contributed by atoms with E-state index in [1.165, 1.54) is 4.68 Å². The number of aromatic nitrogens is 3. The fraction of sp³-hybridized carbons (Fsp3) is 0.300. The van der Waals surface area contributed by atoms with Gasteiger partial charge in [-0.2, -0.15) is 0 Å². The van der Waals surface area contributed by atoms with E-state index in [2.05, 4.69) is 15.6 Å². The smallest absolute Gasteiger partial charge is 0.277 e. The second-order valence-corrected chi connectivity index (χ2v) is 3.24. The third-order valence-corrected chi connectivity index (χ3v) is 2.20. The molecule has 0 saturated carbocycles. The summed E-state index contributed by atoms with van der Waals surface area (Å²) in [6.07, 6.45) is 0. The van der Waals surface area contributed by atoms with Gasteiger partial charge in [0.15, 0.2) is 0 Å². The van der Waals surface area contributed by atoms with Crippen LogP contribution in [0.4, 0.5) is 0 Å². The number of nitrogens with one attached hydrogen (secondary N) is 1. The standard InChI is InChI=1S/C10H12N4O/c1-11-6-7-14-10(15)8-4-2-3-5-9(8)12-13-14/h2-5,11H,6-7H2,1H3. The first-order valence-corrected chi connectivity index (χ1v) is 4.80. The zero-order valence-electron chi connectivity index (χ0n) is 8.47. The molecule has 15 heavy (non-hydrogen) atoms. The summed E-state index contributed by atoms with van der Waals surface area (Å²) >= 11 is 0. The lowest BCUT2D eigenvalue weighted by molar-refractivity contribution is 0.532. The Balaban J connectivity index is 2.51. The van der Waals surface area contributed by atoms with E-state index in [1.807, 2.05) is 19.2 Å². The second-order valence-electron chi connectivity index (χ2n) is 3.24. The third kappa shape index (κ3) is 1.87. The molecule has 2 aromatic rings. The van der Waals surface area contributed by atoms with Gasteiger partial charge in [0.25, 0.3) is 5.56 Å². The summed E-state index contributed by atoms with van der Waals surface area (Å²) in [5, 5.41) is 11.4. The van der Waals surface area contributed by atoms with Crippen molar-refractivity contribution in [2.45, 2.75) is 6.54 Å². The molecule has 0 bridgehead atoms. The molecule has 0 amide bonds. The quantitative estimate of drug-likeness (QED) is 0.765. The van der Waals surface area contributed by atoms with Crippen molar-refractivity contribution in [2.75, 3.05) is 13.6 Å². The minimum absolute atomic E-state index is 0.0872. The fourth-order valence-corrected chi connectivity index (χ4v) is 1.39. The Labute approximate surface area is 86.7 Å². The van der Waals surface area contributed by atoms with Crippen molar-refractivity contribution >= 4 is 10.9 Å². The van der Waals surface area contributed by atoms with Gasteiger partial charge in [-0.25, -0.2) is 4.68 Å². The lowest BCUT2D eigenvalue weighted by Gasteiger charge is -2.03. The minimum Gasteiger partial charge on any atom is -0.318 e. The molecule has 2 rings (SSSR count). The zero-order chi connectivity index (χ0) is 10.7. The van der Waals surface area contributed by atoms with Crippen LogP contribution < -0.4 is 10.9 Å². The molecule has 0 aliphatic carbocycles. The molecule has 1 heterocycles. The van der Waals surface area contributed by atoms with Gasteiger partial charge in [0.2, 0.25) is 0 Å². The second kappa shape index (κ2) is 4.18. The maximum Gasteiger partial charge on any atom is 0.277 e. The first-order chi connectivity index (χ1) is 7.33. The molecule has 0 aliphatic heterocycles. The molecule has 1 aromatic carbocycles. The van der Waals surface area contributed by atoms with Gasteiger partial charge >= 0.3 is 0 Å². The molecule has 78 valence electrons. The van der Waals surface area contributed by atoms with Gasteiger partial charge in [0.05, 0.1) is 11.9 Å². The average molecular weight is 204 g/mol. The molecule has 0 atom stereocenters. The minimum atomic E-state index is -0.0872. The molecule has 0 spiro atoms. The highest BCUT2D eigenvalue weighted by atomic mass is 16.1. The number of rotatable bonds is 3. The van der Waals surface area contributed by atoms with E-state index in [1.54, 1.807) is 12.1 Å². The number of fused-ring (bicyclic) bond motifs is 1. The highest BCUT2D eigenvalue weighted by molar-refractivity contribution is 5.76. The van der Waals surface area contributed by atoms with Gasteiger partial charge < -0.3 is 5.32 Å². The van der Waals surface area contributed by atoms with Gasteiger partial charge in [-0.3, -0.25) is 4.79 Å². The first kappa shape index (κ1) is 9.79. The summed E-state index contributed by atoms with van der Waals surface area (Å²) in [4.78, 5) is 11.9. The predicted molar refractivity (Wildman–Crippen MR) is 57.7 cm³/mol. The number of nitrogens with zero attached hydrogens (tertiary/aromatic N) is 3. The van der Waals surface area contributed by atoms with E-state index in [4.69, 9.17) is 0 Å². The predicted octanol–water partition coefficient (Wildman–Crippen LogP) is 0.0109. The number of hydrogen-bond acceptors (Lipinski definition) is 4. The molecule has 0 saturated heterocycles. The van der Waals surface area contributed by atoms with E-state index in [9.17, 15) is 4.79 Å². The molecular weight excluding hydrogens is 192 g/mol. The molecule has 5 heteroatoms. The topological polar surface area (TPSA) is 59.8 Å². The molecular formula is C10H12N4O. The average Bonchev–Trinajstić information content (AvgIpc) is 2.29. The van der Waals surface area contributed by atoms with Crippen molar-refractivity contribution < 1.29 is 0 Å². The highest BCUT2D eigenvalue weighted by Crippen LogP contribution is 2.02. The van der Waals surface area contributed by atoms with Gasteiger partial charge in [0.1, 0.15) is 5.52 Å². The number of hydrogen-bond donors (Lipinski definition) is 1. The zero-order valence-corrected chi connectivity index (χ0v) is 8.47. The summed E-state index contributed by atoms with van der Waals surface area (Å²) in [7, 11) is 1.83. The molecule has 5 nitrogen and oxygen atoms in total. The van der Waals surface area contributed by atoms with E-state index < -0.39 is 0 Å². The highest BCUT2D eigenvalue weighted by Gasteiger charge is 2.03. The molecule has 0 radical (unpaired) electrons. The van der Waals surface area contributed by atoms with E-state index in [-0.39, 0.29) is 5.56 Å². The van der Waals surface area contributed by atoms with Crippen LogP contribution in [0.25, 0.3) is 10.9 Å². The van der Waals surface area contributed by atoms with Crippen molar-refractivity contribution in [2.24, 2.45) is 0 Å². The Morgan fingerprint density at radius 3 is 3.00 bits per heavy atom. The van der Waals surface area contributed by atoms with Crippen molar-refractivity contribution in [1.82, 2.24) is 20.3 Å². The largest absolute Gasteiger partial charge is 0.318 e. The van der Waals surface area contributed by atoms with Gasteiger partial charge in [-0.15, -0.1) is 5.10 Å². The summed E-state index contributed by atoms with van der Waals surface area (Å²) in [6, 6.07) is 7.22. The fourth-order valence-electron chi connectivity index (χ4n) is 1.39. The molecule has 0 aliphatic rings. The Kier molecular flexibility index (Phi) is 2.73.